The van der Waals surface area contributed by atoms with Crippen molar-refractivity contribution in [1.82, 2.24) is 15.5 Å². The van der Waals surface area contributed by atoms with E-state index in [-0.39, 0.29) is 5.91 Å². The summed E-state index contributed by atoms with van der Waals surface area (Å²) in [5.74, 6) is 1.05. The molecule has 0 aromatic rings. The lowest BCUT2D eigenvalue weighted by atomic mass is 10.3. The third-order valence-electron chi connectivity index (χ3n) is 3.39. The smallest absolute Gasteiger partial charge is 0.224 e. The molecule has 0 radical (unpaired) electrons. The summed E-state index contributed by atoms with van der Waals surface area (Å²) in [5, 5.41) is 6.53. The van der Waals surface area contributed by atoms with Gasteiger partial charge < -0.3 is 15.5 Å². The number of likely N-dealkylation sites (tertiary alicyclic amines) is 1. The number of carbonyl (C=O) groups is 1. The maximum Gasteiger partial charge on any atom is 0.224 e. The molecule has 0 aliphatic carbocycles. The molecule has 0 bridgehead atoms. The van der Waals surface area contributed by atoms with Crippen LogP contribution in [-0.2, 0) is 4.79 Å². The van der Waals surface area contributed by atoms with Gasteiger partial charge in [0.25, 0.3) is 0 Å². The van der Waals surface area contributed by atoms with Crippen LogP contribution in [0, 0.1) is 0 Å². The predicted molar refractivity (Wildman–Crippen MR) is 79.3 cm³/mol. The lowest BCUT2D eigenvalue weighted by Gasteiger charge is -2.17. The fraction of sp³-hybridized carbons (Fsp3) is 0.857. The van der Waals surface area contributed by atoms with Gasteiger partial charge in [0.15, 0.2) is 5.96 Å². The molecule has 1 unspecified atom stereocenters. The second-order valence-electron chi connectivity index (χ2n) is 5.05. The molecule has 0 aromatic carbocycles. The van der Waals surface area contributed by atoms with Crippen LogP contribution >= 0.6 is 0 Å². The number of rotatable bonds is 6. The summed E-state index contributed by atoms with van der Waals surface area (Å²) in [4.78, 5) is 18.3. The maximum absolute atomic E-state index is 11.9. The summed E-state index contributed by atoms with van der Waals surface area (Å²) in [6.45, 7) is 9.55. The standard InChI is InChI=1S/C14H28N4O/c1-4-12(3)17-14(15-5-2)16-9-8-13(19)18-10-6-7-11-18/h12H,4-11H2,1-3H3,(H2,15,16,17). The molecule has 1 heterocycles. The molecule has 1 rings (SSSR count). The SMILES string of the molecule is CCNC(=NCCC(=O)N1CCCC1)NC(C)CC. The number of hydrogen-bond donors (Lipinski definition) is 2. The van der Waals surface area contributed by atoms with Crippen LogP contribution in [0.4, 0.5) is 0 Å². The Bertz CT molecular complexity index is 298. The molecule has 0 aromatic heterocycles. The Morgan fingerprint density at radius 1 is 1.32 bits per heavy atom. The normalized spacial score (nSPS) is 17.4. The van der Waals surface area contributed by atoms with E-state index in [1.807, 2.05) is 11.8 Å². The van der Waals surface area contributed by atoms with Gasteiger partial charge in [0.1, 0.15) is 0 Å². The van der Waals surface area contributed by atoms with Gasteiger partial charge in [-0.05, 0) is 33.1 Å². The number of amides is 1. The van der Waals surface area contributed by atoms with Gasteiger partial charge in [-0.1, -0.05) is 6.92 Å². The number of nitrogens with zero attached hydrogens (tertiary/aromatic N) is 2. The third-order valence-corrected chi connectivity index (χ3v) is 3.39. The minimum atomic E-state index is 0.237. The van der Waals surface area contributed by atoms with E-state index in [4.69, 9.17) is 0 Å². The molecule has 110 valence electrons. The average Bonchev–Trinajstić information content (AvgIpc) is 2.92. The first-order valence-corrected chi connectivity index (χ1v) is 7.50. The van der Waals surface area contributed by atoms with E-state index in [0.717, 1.165) is 44.9 Å². The van der Waals surface area contributed by atoms with Crippen molar-refractivity contribution < 1.29 is 4.79 Å². The third kappa shape index (κ3) is 5.94. The van der Waals surface area contributed by atoms with E-state index in [9.17, 15) is 4.79 Å². The Morgan fingerprint density at radius 2 is 2.00 bits per heavy atom. The molecule has 0 spiro atoms. The van der Waals surface area contributed by atoms with Crippen LogP contribution in [0.2, 0.25) is 0 Å². The number of carbonyl (C=O) groups excluding carboxylic acids is 1. The maximum atomic E-state index is 11.9. The number of aliphatic imine (C=N–C) groups is 1. The molecule has 5 heteroatoms. The largest absolute Gasteiger partial charge is 0.357 e. The van der Waals surface area contributed by atoms with E-state index in [0.29, 0.717) is 19.0 Å². The number of guanidine groups is 1. The monoisotopic (exact) mass is 268 g/mol. The van der Waals surface area contributed by atoms with Gasteiger partial charge in [0, 0.05) is 32.1 Å². The Labute approximate surface area is 116 Å². The summed E-state index contributed by atoms with van der Waals surface area (Å²) in [5.41, 5.74) is 0. The first-order chi connectivity index (χ1) is 9.17. The van der Waals surface area contributed by atoms with Crippen LogP contribution in [-0.4, -0.2) is 49.0 Å². The Kier molecular flexibility index (Phi) is 7.30. The van der Waals surface area contributed by atoms with E-state index >= 15 is 0 Å². The van der Waals surface area contributed by atoms with Crippen LogP contribution in [0.25, 0.3) is 0 Å². The van der Waals surface area contributed by atoms with E-state index in [2.05, 4.69) is 29.5 Å². The molecule has 1 aliphatic heterocycles. The Balaban J connectivity index is 2.35. The zero-order valence-electron chi connectivity index (χ0n) is 12.5. The van der Waals surface area contributed by atoms with Gasteiger partial charge in [0.2, 0.25) is 5.91 Å². The summed E-state index contributed by atoms with van der Waals surface area (Å²) in [6.07, 6.45) is 3.86. The highest BCUT2D eigenvalue weighted by Gasteiger charge is 2.16. The first-order valence-electron chi connectivity index (χ1n) is 7.50. The van der Waals surface area contributed by atoms with Crippen molar-refractivity contribution >= 4 is 11.9 Å². The lowest BCUT2D eigenvalue weighted by molar-refractivity contribution is -0.129. The second-order valence-corrected chi connectivity index (χ2v) is 5.05. The van der Waals surface area contributed by atoms with Gasteiger partial charge in [-0.25, -0.2) is 0 Å². The molecule has 2 N–H and O–H groups in total. The molecule has 1 saturated heterocycles. The molecule has 5 nitrogen and oxygen atoms in total. The van der Waals surface area contributed by atoms with Crippen molar-refractivity contribution in [2.75, 3.05) is 26.2 Å². The van der Waals surface area contributed by atoms with Gasteiger partial charge in [-0.15, -0.1) is 0 Å². The first kappa shape index (κ1) is 15.8. The van der Waals surface area contributed by atoms with Gasteiger partial charge in [-0.3, -0.25) is 9.79 Å². The fourth-order valence-electron chi connectivity index (χ4n) is 2.04. The van der Waals surface area contributed by atoms with Gasteiger partial charge >= 0.3 is 0 Å². The van der Waals surface area contributed by atoms with Crippen molar-refractivity contribution in [2.45, 2.75) is 52.5 Å². The van der Waals surface area contributed by atoms with Crippen LogP contribution < -0.4 is 10.6 Å². The molecule has 1 aliphatic rings. The zero-order chi connectivity index (χ0) is 14.1. The average molecular weight is 268 g/mol. The molecular formula is C14H28N4O. The van der Waals surface area contributed by atoms with Crippen molar-refractivity contribution in [3.8, 4) is 0 Å². The quantitative estimate of drug-likeness (QED) is 0.565. The number of nitrogens with one attached hydrogen (secondary N) is 2. The highest BCUT2D eigenvalue weighted by Crippen LogP contribution is 2.08. The van der Waals surface area contributed by atoms with Gasteiger partial charge in [-0.2, -0.15) is 0 Å². The minimum absolute atomic E-state index is 0.237. The van der Waals surface area contributed by atoms with Crippen molar-refractivity contribution in [2.24, 2.45) is 4.99 Å². The van der Waals surface area contributed by atoms with Crippen LogP contribution in [0.5, 0.6) is 0 Å². The highest BCUT2D eigenvalue weighted by molar-refractivity contribution is 5.81. The van der Waals surface area contributed by atoms with E-state index in [1.165, 1.54) is 0 Å². The lowest BCUT2D eigenvalue weighted by Crippen LogP contribution is -2.42. The van der Waals surface area contributed by atoms with Crippen LogP contribution in [0.15, 0.2) is 4.99 Å². The van der Waals surface area contributed by atoms with Crippen molar-refractivity contribution in [1.29, 1.82) is 0 Å². The summed E-state index contributed by atoms with van der Waals surface area (Å²) < 4.78 is 0. The minimum Gasteiger partial charge on any atom is -0.357 e. The fourth-order valence-corrected chi connectivity index (χ4v) is 2.04. The summed E-state index contributed by atoms with van der Waals surface area (Å²) in [6, 6.07) is 0.395. The topological polar surface area (TPSA) is 56.7 Å². The highest BCUT2D eigenvalue weighted by atomic mass is 16.2. The van der Waals surface area contributed by atoms with Crippen LogP contribution in [0.3, 0.4) is 0 Å². The van der Waals surface area contributed by atoms with Gasteiger partial charge in [0.05, 0.1) is 6.54 Å². The van der Waals surface area contributed by atoms with E-state index in [1.54, 1.807) is 0 Å². The number of hydrogen-bond acceptors (Lipinski definition) is 2. The van der Waals surface area contributed by atoms with Crippen molar-refractivity contribution in [3.05, 3.63) is 0 Å². The van der Waals surface area contributed by atoms with Crippen molar-refractivity contribution in [3.63, 3.8) is 0 Å². The zero-order valence-corrected chi connectivity index (χ0v) is 12.5. The molecule has 1 fully saturated rings. The second kappa shape index (κ2) is 8.77. The summed E-state index contributed by atoms with van der Waals surface area (Å²) >= 11 is 0. The summed E-state index contributed by atoms with van der Waals surface area (Å²) in [7, 11) is 0. The van der Waals surface area contributed by atoms with Crippen LogP contribution in [0.1, 0.15) is 46.5 Å². The van der Waals surface area contributed by atoms with E-state index < -0.39 is 0 Å². The Morgan fingerprint density at radius 3 is 2.58 bits per heavy atom. The molecule has 1 amide bonds. The molecule has 19 heavy (non-hydrogen) atoms. The Hall–Kier alpha value is -1.26. The molecular weight excluding hydrogens is 240 g/mol. The predicted octanol–water partition coefficient (Wildman–Crippen LogP) is 1.35. The molecule has 1 atom stereocenters. The molecule has 0 saturated carbocycles.